The minimum Gasteiger partial charge on any atom is -0.383 e. The van der Waals surface area contributed by atoms with Crippen LogP contribution in [0.1, 0.15) is 22.8 Å². The number of hydrogen-bond donors (Lipinski definition) is 2. The number of anilines is 2. The normalized spacial score (nSPS) is 10.8. The van der Waals surface area contributed by atoms with Gasteiger partial charge in [-0.15, -0.1) is 0 Å². The van der Waals surface area contributed by atoms with E-state index >= 15 is 0 Å². The summed E-state index contributed by atoms with van der Waals surface area (Å²) >= 11 is 0. The minimum atomic E-state index is -0.0496. The molecule has 0 unspecified atom stereocenters. The zero-order valence-corrected chi connectivity index (χ0v) is 16.4. The minimum absolute atomic E-state index is 0.0496. The number of carbonyl (C=O) groups excluding carboxylic acids is 1. The molecule has 1 amide bonds. The standard InChI is InChI=1S/C24H24N4O/c1-2-28(21-8-4-3-5-9-21)24(29)19-14-20(17-25-15-19)26-13-12-18-16-27-23-11-7-6-10-22(18)23/h3-11,14-17,26-27H,2,12-13H2,1H3. The molecule has 29 heavy (non-hydrogen) atoms. The van der Waals surface area contributed by atoms with Crippen LogP contribution in [0, 0.1) is 0 Å². The molecule has 0 aliphatic rings. The molecule has 146 valence electrons. The highest BCUT2D eigenvalue weighted by Crippen LogP contribution is 2.20. The lowest BCUT2D eigenvalue weighted by Gasteiger charge is -2.21. The smallest absolute Gasteiger partial charge is 0.259 e. The van der Waals surface area contributed by atoms with Crippen molar-refractivity contribution in [1.29, 1.82) is 0 Å². The quantitative estimate of drug-likeness (QED) is 0.477. The summed E-state index contributed by atoms with van der Waals surface area (Å²) in [6.07, 6.45) is 6.32. The largest absolute Gasteiger partial charge is 0.383 e. The van der Waals surface area contributed by atoms with E-state index in [0.717, 1.165) is 29.9 Å². The fourth-order valence-electron chi connectivity index (χ4n) is 3.54. The number of aromatic amines is 1. The molecule has 2 aromatic carbocycles. The first-order valence-electron chi connectivity index (χ1n) is 9.87. The Morgan fingerprint density at radius 2 is 1.86 bits per heavy atom. The molecular weight excluding hydrogens is 360 g/mol. The van der Waals surface area contributed by atoms with Gasteiger partial charge in [0.2, 0.25) is 0 Å². The molecule has 0 saturated carbocycles. The van der Waals surface area contributed by atoms with Crippen LogP contribution in [0.5, 0.6) is 0 Å². The molecule has 0 atom stereocenters. The number of carbonyl (C=O) groups is 1. The van der Waals surface area contributed by atoms with Gasteiger partial charge in [0.25, 0.3) is 5.91 Å². The number of H-pyrrole nitrogens is 1. The van der Waals surface area contributed by atoms with Crippen LogP contribution in [0.15, 0.2) is 79.3 Å². The SMILES string of the molecule is CCN(C(=O)c1cncc(NCCc2c[nH]c3ccccc23)c1)c1ccccc1. The van der Waals surface area contributed by atoms with E-state index in [1.165, 1.54) is 10.9 Å². The maximum Gasteiger partial charge on any atom is 0.259 e. The molecule has 0 saturated heterocycles. The van der Waals surface area contributed by atoms with Crippen molar-refractivity contribution in [3.05, 3.63) is 90.4 Å². The van der Waals surface area contributed by atoms with Gasteiger partial charge in [0, 0.05) is 48.3 Å². The highest BCUT2D eigenvalue weighted by Gasteiger charge is 2.16. The predicted molar refractivity (Wildman–Crippen MR) is 119 cm³/mol. The van der Waals surface area contributed by atoms with Crippen molar-refractivity contribution in [2.24, 2.45) is 0 Å². The third-order valence-electron chi connectivity index (χ3n) is 5.01. The van der Waals surface area contributed by atoms with Crippen LogP contribution in [-0.4, -0.2) is 29.0 Å². The summed E-state index contributed by atoms with van der Waals surface area (Å²) in [6.45, 7) is 3.33. The van der Waals surface area contributed by atoms with E-state index in [2.05, 4.69) is 39.7 Å². The van der Waals surface area contributed by atoms with Crippen molar-refractivity contribution in [3.8, 4) is 0 Å². The fourth-order valence-corrected chi connectivity index (χ4v) is 3.54. The monoisotopic (exact) mass is 384 g/mol. The summed E-state index contributed by atoms with van der Waals surface area (Å²) in [5.41, 5.74) is 4.73. The summed E-state index contributed by atoms with van der Waals surface area (Å²) in [5.74, 6) is -0.0496. The van der Waals surface area contributed by atoms with Gasteiger partial charge in [-0.25, -0.2) is 0 Å². The molecule has 0 fully saturated rings. The number of nitrogens with one attached hydrogen (secondary N) is 2. The Hall–Kier alpha value is -3.60. The first-order valence-corrected chi connectivity index (χ1v) is 9.87. The van der Waals surface area contributed by atoms with Crippen LogP contribution < -0.4 is 10.2 Å². The molecule has 5 heteroatoms. The van der Waals surface area contributed by atoms with Crippen molar-refractivity contribution in [1.82, 2.24) is 9.97 Å². The summed E-state index contributed by atoms with van der Waals surface area (Å²) < 4.78 is 0. The van der Waals surface area contributed by atoms with Gasteiger partial charge in [-0.1, -0.05) is 36.4 Å². The van der Waals surface area contributed by atoms with Crippen molar-refractivity contribution >= 4 is 28.2 Å². The van der Waals surface area contributed by atoms with Crippen molar-refractivity contribution in [3.63, 3.8) is 0 Å². The van der Waals surface area contributed by atoms with E-state index in [-0.39, 0.29) is 5.91 Å². The molecule has 0 spiro atoms. The topological polar surface area (TPSA) is 61.0 Å². The number of nitrogens with zero attached hydrogens (tertiary/aromatic N) is 2. The number of hydrogen-bond acceptors (Lipinski definition) is 3. The van der Waals surface area contributed by atoms with Crippen molar-refractivity contribution < 1.29 is 4.79 Å². The second kappa shape index (κ2) is 8.61. The Balaban J connectivity index is 1.43. The molecule has 0 aliphatic carbocycles. The highest BCUT2D eigenvalue weighted by atomic mass is 16.2. The molecule has 4 aromatic rings. The molecule has 2 aromatic heterocycles. The maximum atomic E-state index is 13.0. The van der Waals surface area contributed by atoms with E-state index < -0.39 is 0 Å². The highest BCUT2D eigenvalue weighted by molar-refractivity contribution is 6.06. The number of pyridine rings is 1. The zero-order valence-electron chi connectivity index (χ0n) is 16.4. The lowest BCUT2D eigenvalue weighted by Crippen LogP contribution is -2.30. The first kappa shape index (κ1) is 18.7. The van der Waals surface area contributed by atoms with Crippen LogP contribution in [0.25, 0.3) is 10.9 Å². The van der Waals surface area contributed by atoms with Crippen LogP contribution in [0.2, 0.25) is 0 Å². The zero-order chi connectivity index (χ0) is 20.1. The Morgan fingerprint density at radius 3 is 2.69 bits per heavy atom. The van der Waals surface area contributed by atoms with Crippen molar-refractivity contribution in [2.75, 3.05) is 23.3 Å². The van der Waals surface area contributed by atoms with E-state index in [9.17, 15) is 4.79 Å². The third-order valence-corrected chi connectivity index (χ3v) is 5.01. The van der Waals surface area contributed by atoms with Gasteiger partial charge in [-0.2, -0.15) is 0 Å². The van der Waals surface area contributed by atoms with Gasteiger partial charge in [0.05, 0.1) is 11.3 Å². The number of amides is 1. The number of fused-ring (bicyclic) bond motifs is 1. The van der Waals surface area contributed by atoms with Gasteiger partial charge < -0.3 is 15.2 Å². The van der Waals surface area contributed by atoms with Gasteiger partial charge in [-0.3, -0.25) is 9.78 Å². The van der Waals surface area contributed by atoms with Crippen molar-refractivity contribution in [2.45, 2.75) is 13.3 Å². The van der Waals surface area contributed by atoms with Crippen LogP contribution in [0.3, 0.4) is 0 Å². The molecule has 2 heterocycles. The lowest BCUT2D eigenvalue weighted by molar-refractivity contribution is 0.0988. The maximum absolute atomic E-state index is 13.0. The van der Waals surface area contributed by atoms with Crippen LogP contribution >= 0.6 is 0 Å². The molecular formula is C24H24N4O. The van der Waals surface area contributed by atoms with E-state index in [1.54, 1.807) is 17.3 Å². The predicted octanol–water partition coefficient (Wildman–Crippen LogP) is 4.88. The molecule has 2 N–H and O–H groups in total. The third kappa shape index (κ3) is 4.14. The fraction of sp³-hybridized carbons (Fsp3) is 0.167. The number of benzene rings is 2. The number of para-hydroxylation sites is 2. The average molecular weight is 384 g/mol. The van der Waals surface area contributed by atoms with Gasteiger partial charge in [-0.05, 0) is 43.2 Å². The summed E-state index contributed by atoms with van der Waals surface area (Å²) in [5, 5.41) is 4.64. The molecule has 0 aliphatic heterocycles. The van der Waals surface area contributed by atoms with Gasteiger partial charge >= 0.3 is 0 Å². The number of rotatable bonds is 7. The summed E-state index contributed by atoms with van der Waals surface area (Å²) in [6, 6.07) is 19.9. The van der Waals surface area contributed by atoms with E-state index in [4.69, 9.17) is 0 Å². The van der Waals surface area contributed by atoms with Crippen LogP contribution in [0.4, 0.5) is 11.4 Å². The number of aromatic nitrogens is 2. The molecule has 4 rings (SSSR count). The van der Waals surface area contributed by atoms with E-state index in [0.29, 0.717) is 12.1 Å². The lowest BCUT2D eigenvalue weighted by atomic mass is 10.1. The van der Waals surface area contributed by atoms with E-state index in [1.807, 2.05) is 49.4 Å². The Labute approximate surface area is 170 Å². The molecule has 0 bridgehead atoms. The van der Waals surface area contributed by atoms with Crippen LogP contribution in [-0.2, 0) is 6.42 Å². The Morgan fingerprint density at radius 1 is 1.07 bits per heavy atom. The second-order valence-corrected chi connectivity index (χ2v) is 6.88. The Kier molecular flexibility index (Phi) is 5.56. The molecule has 0 radical (unpaired) electrons. The first-order chi connectivity index (χ1) is 14.3. The summed E-state index contributed by atoms with van der Waals surface area (Å²) in [7, 11) is 0. The Bertz CT molecular complexity index is 1100. The van der Waals surface area contributed by atoms with Gasteiger partial charge in [0.1, 0.15) is 0 Å². The molecule has 5 nitrogen and oxygen atoms in total. The summed E-state index contributed by atoms with van der Waals surface area (Å²) in [4.78, 5) is 22.3. The van der Waals surface area contributed by atoms with Gasteiger partial charge in [0.15, 0.2) is 0 Å². The second-order valence-electron chi connectivity index (χ2n) is 6.88. The average Bonchev–Trinajstić information content (AvgIpc) is 3.18.